The molecule has 2 heterocycles. The van der Waals surface area contributed by atoms with Crippen molar-refractivity contribution in [3.63, 3.8) is 0 Å². The van der Waals surface area contributed by atoms with E-state index in [9.17, 15) is 9.90 Å². The lowest BCUT2D eigenvalue weighted by Gasteiger charge is -2.27. The summed E-state index contributed by atoms with van der Waals surface area (Å²) >= 11 is 0. The molecule has 1 aliphatic carbocycles. The number of carbonyl (C=O) groups is 1. The number of ether oxygens (including phenoxy) is 1. The molecular weight excluding hydrogens is 284 g/mol. The smallest absolute Gasteiger partial charge is 0.308 e. The molecule has 1 saturated carbocycles. The van der Waals surface area contributed by atoms with Crippen LogP contribution in [0.25, 0.3) is 0 Å². The van der Waals surface area contributed by atoms with E-state index in [0.29, 0.717) is 31.6 Å². The van der Waals surface area contributed by atoms with Crippen molar-refractivity contribution in [3.05, 3.63) is 12.4 Å². The van der Waals surface area contributed by atoms with Gasteiger partial charge in [0.25, 0.3) is 0 Å². The van der Waals surface area contributed by atoms with E-state index in [1.807, 2.05) is 6.07 Å². The third-order valence-corrected chi connectivity index (χ3v) is 4.25. The topological polar surface area (TPSA) is 96.4 Å². The van der Waals surface area contributed by atoms with E-state index in [-0.39, 0.29) is 5.92 Å². The van der Waals surface area contributed by atoms with Crippen LogP contribution in [0.1, 0.15) is 25.7 Å². The highest BCUT2D eigenvalue weighted by Gasteiger charge is 2.29. The second kappa shape index (κ2) is 6.91. The van der Waals surface area contributed by atoms with Gasteiger partial charge in [0.1, 0.15) is 18.0 Å². The van der Waals surface area contributed by atoms with Crippen LogP contribution >= 0.6 is 0 Å². The lowest BCUT2D eigenvalue weighted by atomic mass is 9.86. The van der Waals surface area contributed by atoms with E-state index in [0.717, 1.165) is 18.7 Å². The fourth-order valence-electron chi connectivity index (χ4n) is 2.76. The minimum absolute atomic E-state index is 0.157. The van der Waals surface area contributed by atoms with Crippen molar-refractivity contribution in [1.82, 2.24) is 9.97 Å². The zero-order chi connectivity index (χ0) is 15.4. The Balaban J connectivity index is 1.57. The van der Waals surface area contributed by atoms with Crippen molar-refractivity contribution in [1.29, 1.82) is 0 Å². The van der Waals surface area contributed by atoms with E-state index < -0.39 is 11.9 Å². The van der Waals surface area contributed by atoms with Gasteiger partial charge in [0, 0.05) is 31.9 Å². The molecular formula is C15H22N4O3. The number of hydrogen-bond acceptors (Lipinski definition) is 6. The first kappa shape index (κ1) is 15.0. The van der Waals surface area contributed by atoms with Crippen LogP contribution in [-0.4, -0.2) is 46.8 Å². The molecule has 7 heteroatoms. The Morgan fingerprint density at radius 1 is 1.27 bits per heavy atom. The maximum absolute atomic E-state index is 11.5. The Bertz CT molecular complexity index is 515. The van der Waals surface area contributed by atoms with Crippen molar-refractivity contribution in [2.45, 2.75) is 31.7 Å². The van der Waals surface area contributed by atoms with Crippen molar-refractivity contribution in [3.8, 4) is 0 Å². The number of carboxylic acid groups (broad SMARTS) is 1. The predicted molar refractivity (Wildman–Crippen MR) is 81.8 cm³/mol. The van der Waals surface area contributed by atoms with Gasteiger partial charge in [-0.1, -0.05) is 0 Å². The van der Waals surface area contributed by atoms with E-state index in [2.05, 4.69) is 20.6 Å². The molecule has 1 saturated heterocycles. The van der Waals surface area contributed by atoms with Gasteiger partial charge in [-0.15, -0.1) is 0 Å². The fraction of sp³-hybridized carbons (Fsp3) is 0.667. The van der Waals surface area contributed by atoms with Crippen LogP contribution in [0.5, 0.6) is 0 Å². The summed E-state index contributed by atoms with van der Waals surface area (Å²) < 4.78 is 5.31. The average Bonchev–Trinajstić information content (AvgIpc) is 3.33. The van der Waals surface area contributed by atoms with E-state index in [1.54, 1.807) is 0 Å². The number of nitrogens with one attached hydrogen (secondary N) is 2. The molecule has 1 atom stereocenters. The highest BCUT2D eigenvalue weighted by atomic mass is 16.5. The molecule has 0 radical (unpaired) electrons. The van der Waals surface area contributed by atoms with Gasteiger partial charge in [0.05, 0.1) is 5.92 Å². The first-order valence-corrected chi connectivity index (χ1v) is 7.85. The van der Waals surface area contributed by atoms with Gasteiger partial charge >= 0.3 is 5.97 Å². The molecule has 0 bridgehead atoms. The Hall–Kier alpha value is -1.89. The second-order valence-electron chi connectivity index (χ2n) is 5.98. The summed E-state index contributed by atoms with van der Waals surface area (Å²) in [4.78, 5) is 19.9. The number of rotatable bonds is 7. The summed E-state index contributed by atoms with van der Waals surface area (Å²) in [5, 5.41) is 15.9. The maximum atomic E-state index is 11.5. The largest absolute Gasteiger partial charge is 0.481 e. The Kier molecular flexibility index (Phi) is 4.72. The molecule has 3 rings (SSSR count). The number of aromatic nitrogens is 2. The Labute approximate surface area is 129 Å². The lowest BCUT2D eigenvalue weighted by Crippen LogP contribution is -2.34. The van der Waals surface area contributed by atoms with Crippen LogP contribution in [0.4, 0.5) is 11.6 Å². The van der Waals surface area contributed by atoms with Crippen molar-refractivity contribution in [2.24, 2.45) is 11.8 Å². The first-order chi connectivity index (χ1) is 10.7. The van der Waals surface area contributed by atoms with Crippen LogP contribution in [0.2, 0.25) is 0 Å². The van der Waals surface area contributed by atoms with Gasteiger partial charge in [0.15, 0.2) is 0 Å². The number of aliphatic carboxylic acids is 1. The lowest BCUT2D eigenvalue weighted by molar-refractivity contribution is -0.144. The van der Waals surface area contributed by atoms with Crippen LogP contribution < -0.4 is 10.6 Å². The molecule has 1 aliphatic heterocycles. The molecule has 0 amide bonds. The van der Waals surface area contributed by atoms with Crippen LogP contribution in [-0.2, 0) is 9.53 Å². The van der Waals surface area contributed by atoms with Crippen molar-refractivity contribution >= 4 is 17.6 Å². The second-order valence-corrected chi connectivity index (χ2v) is 5.98. The molecule has 3 N–H and O–H groups in total. The third kappa shape index (κ3) is 4.07. The molecule has 22 heavy (non-hydrogen) atoms. The highest BCUT2D eigenvalue weighted by Crippen LogP contribution is 2.26. The van der Waals surface area contributed by atoms with Gasteiger partial charge < -0.3 is 20.5 Å². The summed E-state index contributed by atoms with van der Waals surface area (Å²) in [7, 11) is 0. The van der Waals surface area contributed by atoms with E-state index in [4.69, 9.17) is 4.74 Å². The third-order valence-electron chi connectivity index (χ3n) is 4.25. The molecule has 7 nitrogen and oxygen atoms in total. The van der Waals surface area contributed by atoms with Gasteiger partial charge in [0.2, 0.25) is 0 Å². The van der Waals surface area contributed by atoms with Gasteiger partial charge in [-0.05, 0) is 31.6 Å². The van der Waals surface area contributed by atoms with Crippen molar-refractivity contribution in [2.75, 3.05) is 30.4 Å². The van der Waals surface area contributed by atoms with Crippen LogP contribution in [0.3, 0.4) is 0 Å². The normalized spacial score (nSPS) is 20.4. The fourth-order valence-corrected chi connectivity index (χ4v) is 2.76. The highest BCUT2D eigenvalue weighted by molar-refractivity contribution is 5.71. The molecule has 2 aliphatic rings. The standard InChI is InChI=1S/C15H22N4O3/c20-15(21)12(10-3-5-22-6-4-10)8-16-13-7-14(18-9-17-13)19-11-1-2-11/h7,9-12H,1-6,8H2,(H,20,21)(H2,16,17,18,19). The molecule has 2 fully saturated rings. The summed E-state index contributed by atoms with van der Waals surface area (Å²) in [6.07, 6.45) is 5.46. The average molecular weight is 306 g/mol. The van der Waals surface area contributed by atoms with Crippen molar-refractivity contribution < 1.29 is 14.6 Å². The summed E-state index contributed by atoms with van der Waals surface area (Å²) in [5.74, 6) is 0.433. The van der Waals surface area contributed by atoms with Gasteiger partial charge in [-0.3, -0.25) is 4.79 Å². The molecule has 1 aromatic heterocycles. The zero-order valence-corrected chi connectivity index (χ0v) is 12.5. The molecule has 0 aromatic carbocycles. The number of hydrogen-bond donors (Lipinski definition) is 3. The van der Waals surface area contributed by atoms with E-state index >= 15 is 0 Å². The summed E-state index contributed by atoms with van der Waals surface area (Å²) in [5.41, 5.74) is 0. The molecule has 0 spiro atoms. The quantitative estimate of drug-likeness (QED) is 0.704. The van der Waals surface area contributed by atoms with Gasteiger partial charge in [-0.25, -0.2) is 9.97 Å². The number of nitrogens with zero attached hydrogens (tertiary/aromatic N) is 2. The van der Waals surface area contributed by atoms with E-state index in [1.165, 1.54) is 19.2 Å². The Morgan fingerprint density at radius 2 is 2.00 bits per heavy atom. The monoisotopic (exact) mass is 306 g/mol. The molecule has 1 unspecified atom stereocenters. The maximum Gasteiger partial charge on any atom is 0.308 e. The Morgan fingerprint density at radius 3 is 2.68 bits per heavy atom. The molecule has 120 valence electrons. The van der Waals surface area contributed by atoms with Crippen LogP contribution in [0, 0.1) is 11.8 Å². The number of carboxylic acids is 1. The minimum Gasteiger partial charge on any atom is -0.481 e. The molecule has 1 aromatic rings. The first-order valence-electron chi connectivity index (χ1n) is 7.85. The van der Waals surface area contributed by atoms with Crippen LogP contribution in [0.15, 0.2) is 12.4 Å². The number of anilines is 2. The minimum atomic E-state index is -0.759. The predicted octanol–water partition coefficient (Wildman–Crippen LogP) is 1.59. The summed E-state index contributed by atoms with van der Waals surface area (Å²) in [6.45, 7) is 1.68. The zero-order valence-electron chi connectivity index (χ0n) is 12.5. The SMILES string of the molecule is O=C(O)C(CNc1cc(NC2CC2)ncn1)C1CCOCC1. The van der Waals surface area contributed by atoms with Gasteiger partial charge in [-0.2, -0.15) is 0 Å². The summed E-state index contributed by atoms with van der Waals surface area (Å²) in [6, 6.07) is 2.36.